The van der Waals surface area contributed by atoms with Gasteiger partial charge in [-0.3, -0.25) is 4.98 Å². The second-order valence-corrected chi connectivity index (χ2v) is 8.82. The maximum atomic E-state index is 4.83. The average Bonchev–Trinajstić information content (AvgIpc) is 4.01. The molecule has 48 heavy (non-hydrogen) atoms. The van der Waals surface area contributed by atoms with Gasteiger partial charge in [0.05, 0.1) is 6.26 Å². The molecule has 5 aromatic heterocycles. The second kappa shape index (κ2) is 47.0. The van der Waals surface area contributed by atoms with Crippen LogP contribution >= 0.6 is 11.3 Å². The molecule has 0 unspecified atom stereocenters. The summed E-state index contributed by atoms with van der Waals surface area (Å²) in [5, 5.41) is 14.8. The van der Waals surface area contributed by atoms with Gasteiger partial charge in [0.25, 0.3) is 0 Å². The van der Waals surface area contributed by atoms with Crippen molar-refractivity contribution < 1.29 is 4.42 Å². The van der Waals surface area contributed by atoms with Crippen molar-refractivity contribution in [2.45, 2.75) is 104 Å². The molecule has 0 radical (unpaired) electrons. The lowest BCUT2D eigenvalue weighted by atomic mass is 10.2. The van der Waals surface area contributed by atoms with Crippen molar-refractivity contribution in [3.8, 4) is 0 Å². The fourth-order valence-electron chi connectivity index (χ4n) is 2.22. The molecule has 1 aromatic carbocycles. The van der Waals surface area contributed by atoms with E-state index in [-0.39, 0.29) is 0 Å². The highest BCUT2D eigenvalue weighted by Gasteiger charge is 1.84. The predicted octanol–water partition coefficient (Wildman–Crippen LogP) is 12.1. The number of nitrogens with one attached hydrogen (secondary N) is 1. The van der Waals surface area contributed by atoms with Gasteiger partial charge in [-0.25, -0.2) is 4.98 Å². The molecule has 0 aliphatic carbocycles. The van der Waals surface area contributed by atoms with Crippen molar-refractivity contribution in [2.75, 3.05) is 0 Å². The topological polar surface area (TPSA) is 98.3 Å². The van der Waals surface area contributed by atoms with E-state index in [1.807, 2.05) is 149 Å². The highest BCUT2D eigenvalue weighted by Crippen LogP contribution is 2.03. The Labute approximate surface area is 298 Å². The Balaban J connectivity index is -0.000000146. The van der Waals surface area contributed by atoms with Gasteiger partial charge >= 0.3 is 0 Å². The number of thiophene rings is 1. The van der Waals surface area contributed by atoms with Gasteiger partial charge in [-0.2, -0.15) is 5.21 Å². The van der Waals surface area contributed by atoms with Crippen molar-refractivity contribution in [3.05, 3.63) is 137 Å². The maximum Gasteiger partial charge on any atom is 0.171 e. The minimum absolute atomic E-state index is 0.676. The van der Waals surface area contributed by atoms with E-state index in [1.165, 1.54) is 10.4 Å². The van der Waals surface area contributed by atoms with Crippen LogP contribution in [0.15, 0.2) is 114 Å². The zero-order valence-corrected chi connectivity index (χ0v) is 33.7. The van der Waals surface area contributed by atoms with Crippen molar-refractivity contribution in [1.82, 2.24) is 35.2 Å². The van der Waals surface area contributed by atoms with E-state index in [4.69, 9.17) is 4.42 Å². The minimum atomic E-state index is 0.676. The molecule has 8 nitrogen and oxygen atoms in total. The second-order valence-electron chi connectivity index (χ2n) is 7.67. The first-order valence-electron chi connectivity index (χ1n) is 16.9. The molecule has 9 heteroatoms. The number of H-pyrrole nitrogens is 1. The Kier molecular flexibility index (Phi) is 52.1. The molecular weight excluding hydrogens is 615 g/mol. The molecule has 0 aliphatic rings. The maximum absolute atomic E-state index is 4.83. The lowest BCUT2D eigenvalue weighted by molar-refractivity contribution is 0.534. The SMILES string of the molecule is CC.CC.CC.CC.CC.Cc1ccccc1.Cc1ccco1.Cc1cccs1.Cc1nccn1C.Cc1nn[nH]n1.c1ccncc1. The Morgan fingerprint density at radius 2 is 1.21 bits per heavy atom. The van der Waals surface area contributed by atoms with Gasteiger partial charge in [0.1, 0.15) is 11.6 Å². The monoisotopic (exact) mass is 682 g/mol. The summed E-state index contributed by atoms with van der Waals surface area (Å²) in [7, 11) is 1.97. The van der Waals surface area contributed by atoms with Crippen LogP contribution in [0.1, 0.15) is 97.1 Å². The van der Waals surface area contributed by atoms with Crippen LogP contribution in [-0.4, -0.2) is 35.2 Å². The molecule has 0 saturated carbocycles. The summed E-state index contributed by atoms with van der Waals surface area (Å²) < 4.78 is 6.81. The highest BCUT2D eigenvalue weighted by atomic mass is 32.1. The van der Waals surface area contributed by atoms with Crippen LogP contribution in [0.5, 0.6) is 0 Å². The molecular formula is C39H67N7OS. The number of tetrazole rings is 1. The van der Waals surface area contributed by atoms with Gasteiger partial charge < -0.3 is 8.98 Å². The normalized spacial score (nSPS) is 7.58. The van der Waals surface area contributed by atoms with Gasteiger partial charge in [0.2, 0.25) is 0 Å². The number of nitrogens with zero attached hydrogens (tertiary/aromatic N) is 6. The summed E-state index contributed by atoms with van der Waals surface area (Å²) in [4.78, 5) is 9.15. The molecule has 0 amide bonds. The largest absolute Gasteiger partial charge is 0.470 e. The average molecular weight is 682 g/mol. The number of aromatic nitrogens is 7. The van der Waals surface area contributed by atoms with E-state index >= 15 is 0 Å². The summed E-state index contributed by atoms with van der Waals surface area (Å²) in [6.45, 7) is 29.8. The number of hydrogen-bond acceptors (Lipinski definition) is 7. The van der Waals surface area contributed by atoms with Crippen molar-refractivity contribution >= 4 is 11.3 Å². The molecule has 0 saturated heterocycles. The van der Waals surface area contributed by atoms with Crippen LogP contribution in [0.2, 0.25) is 0 Å². The van der Waals surface area contributed by atoms with Crippen LogP contribution in [0, 0.1) is 34.6 Å². The number of rotatable bonds is 0. The zero-order valence-electron chi connectivity index (χ0n) is 32.9. The molecule has 0 fully saturated rings. The summed E-state index contributed by atoms with van der Waals surface area (Å²) in [6.07, 6.45) is 8.88. The third kappa shape index (κ3) is 41.6. The van der Waals surface area contributed by atoms with Crippen molar-refractivity contribution in [2.24, 2.45) is 7.05 Å². The number of aryl methyl sites for hydroxylation is 6. The number of pyridine rings is 1. The smallest absolute Gasteiger partial charge is 0.171 e. The number of furan rings is 1. The predicted molar refractivity (Wildman–Crippen MR) is 212 cm³/mol. The van der Waals surface area contributed by atoms with Crippen molar-refractivity contribution in [1.29, 1.82) is 0 Å². The van der Waals surface area contributed by atoms with Gasteiger partial charge in [-0.05, 0) is 70.3 Å². The van der Waals surface area contributed by atoms with E-state index in [0.717, 1.165) is 11.6 Å². The van der Waals surface area contributed by atoms with E-state index in [9.17, 15) is 0 Å². The summed E-state index contributed by atoms with van der Waals surface area (Å²) in [6, 6.07) is 23.9. The first kappa shape index (κ1) is 53.1. The number of imidazole rings is 1. The lowest BCUT2D eigenvalue weighted by Gasteiger charge is -1.87. The molecule has 0 bridgehead atoms. The fourth-order valence-corrected chi connectivity index (χ4v) is 2.75. The Morgan fingerprint density at radius 3 is 1.35 bits per heavy atom. The molecule has 5 heterocycles. The molecule has 270 valence electrons. The van der Waals surface area contributed by atoms with Gasteiger partial charge in [0, 0.05) is 36.7 Å². The van der Waals surface area contributed by atoms with Crippen LogP contribution < -0.4 is 0 Å². The van der Waals surface area contributed by atoms with Gasteiger partial charge in [-0.1, -0.05) is 122 Å². The zero-order chi connectivity index (χ0) is 37.8. The summed E-state index contributed by atoms with van der Waals surface area (Å²) in [5.74, 6) is 2.70. The summed E-state index contributed by atoms with van der Waals surface area (Å²) in [5.41, 5.74) is 1.32. The van der Waals surface area contributed by atoms with E-state index in [2.05, 4.69) is 74.1 Å². The first-order valence-corrected chi connectivity index (χ1v) is 17.8. The highest BCUT2D eigenvalue weighted by molar-refractivity contribution is 7.09. The molecule has 6 aromatic rings. The summed E-state index contributed by atoms with van der Waals surface area (Å²) >= 11 is 1.78. The van der Waals surface area contributed by atoms with Crippen LogP contribution in [-0.2, 0) is 7.05 Å². The molecule has 6 rings (SSSR count). The molecule has 0 atom stereocenters. The third-order valence-corrected chi connectivity index (χ3v) is 5.15. The van der Waals surface area contributed by atoms with E-state index < -0.39 is 0 Å². The standard InChI is InChI=1S/C7H8.C5H8N2.C5H5N.C5H6O.C5H6S.C2H4N4.5C2H6/c1-7-5-3-2-4-6-7;1-5-6-3-4-7(5)2;1-2-4-6-5-3-1;2*1-5-3-2-4-6-5;1-2-3-5-6-4-2;5*1-2/h2-6H,1H3;3-4H,1-2H3;1-5H;2*2-4H,1H3;1H3,(H,3,4,5,6);5*1-2H3. The minimum Gasteiger partial charge on any atom is -0.470 e. The van der Waals surface area contributed by atoms with Crippen LogP contribution in [0.4, 0.5) is 0 Å². The van der Waals surface area contributed by atoms with Gasteiger partial charge in [-0.15, -0.1) is 21.5 Å². The number of hydrogen-bond donors (Lipinski definition) is 1. The van der Waals surface area contributed by atoms with Crippen LogP contribution in [0.25, 0.3) is 0 Å². The Hall–Kier alpha value is -4.37. The molecule has 1 N–H and O–H groups in total. The van der Waals surface area contributed by atoms with Crippen LogP contribution in [0.3, 0.4) is 0 Å². The molecule has 0 aliphatic heterocycles. The molecule has 0 spiro atoms. The Morgan fingerprint density at radius 1 is 0.646 bits per heavy atom. The number of benzene rings is 1. The van der Waals surface area contributed by atoms with Gasteiger partial charge in [0.15, 0.2) is 5.82 Å². The van der Waals surface area contributed by atoms with Crippen molar-refractivity contribution in [3.63, 3.8) is 0 Å². The first-order chi connectivity index (χ1) is 23.4. The lowest BCUT2D eigenvalue weighted by Crippen LogP contribution is -1.86. The fraction of sp³-hybridized carbons (Fsp3) is 0.410. The van der Waals surface area contributed by atoms with E-state index in [1.54, 1.807) is 43.1 Å². The third-order valence-electron chi connectivity index (χ3n) is 4.35. The quantitative estimate of drug-likeness (QED) is 0.171. The van der Waals surface area contributed by atoms with E-state index in [0.29, 0.717) is 5.82 Å². The Bertz CT molecular complexity index is 1140. The number of aromatic amines is 1.